The zero-order valence-electron chi connectivity index (χ0n) is 14.9. The SMILES string of the molecule is Cc1cnc(C2CN(C(=O)c3nccc4ccccc34)C2)n1CC1CC1. The van der Waals surface area contributed by atoms with Crippen molar-refractivity contribution in [1.29, 1.82) is 0 Å². The number of aromatic nitrogens is 3. The Morgan fingerprint density at radius 3 is 2.77 bits per heavy atom. The smallest absolute Gasteiger partial charge is 0.273 e. The normalized spacial score (nSPS) is 17.5. The van der Waals surface area contributed by atoms with Gasteiger partial charge in [-0.2, -0.15) is 0 Å². The summed E-state index contributed by atoms with van der Waals surface area (Å²) in [5.74, 6) is 2.32. The molecule has 26 heavy (non-hydrogen) atoms. The highest BCUT2D eigenvalue weighted by Gasteiger charge is 2.37. The molecule has 1 aromatic carbocycles. The van der Waals surface area contributed by atoms with Crippen molar-refractivity contribution in [3.8, 4) is 0 Å². The molecule has 1 aliphatic carbocycles. The Morgan fingerprint density at radius 1 is 1.15 bits per heavy atom. The summed E-state index contributed by atoms with van der Waals surface area (Å²) in [6.45, 7) is 4.66. The molecular formula is C21H22N4O. The summed E-state index contributed by atoms with van der Waals surface area (Å²) < 4.78 is 2.36. The molecule has 0 radical (unpaired) electrons. The van der Waals surface area contributed by atoms with Crippen molar-refractivity contribution in [3.05, 3.63) is 59.9 Å². The van der Waals surface area contributed by atoms with Gasteiger partial charge in [0.05, 0.1) is 5.92 Å². The number of pyridine rings is 1. The van der Waals surface area contributed by atoms with Gasteiger partial charge >= 0.3 is 0 Å². The number of nitrogens with zero attached hydrogens (tertiary/aromatic N) is 4. The minimum atomic E-state index is 0.0232. The topological polar surface area (TPSA) is 51.0 Å². The van der Waals surface area contributed by atoms with Crippen LogP contribution < -0.4 is 0 Å². The molecule has 0 spiro atoms. The van der Waals surface area contributed by atoms with Crippen LogP contribution >= 0.6 is 0 Å². The number of aryl methyl sites for hydroxylation is 1. The van der Waals surface area contributed by atoms with Gasteiger partial charge in [-0.15, -0.1) is 0 Å². The van der Waals surface area contributed by atoms with Crippen molar-refractivity contribution in [3.63, 3.8) is 0 Å². The van der Waals surface area contributed by atoms with Crippen molar-refractivity contribution in [2.24, 2.45) is 5.92 Å². The molecule has 0 atom stereocenters. The molecule has 1 aliphatic heterocycles. The molecule has 2 aliphatic rings. The Labute approximate surface area is 152 Å². The maximum Gasteiger partial charge on any atom is 0.273 e. The largest absolute Gasteiger partial charge is 0.336 e. The highest BCUT2D eigenvalue weighted by Crippen LogP contribution is 2.34. The van der Waals surface area contributed by atoms with E-state index < -0.39 is 0 Å². The number of benzene rings is 1. The number of likely N-dealkylation sites (tertiary alicyclic amines) is 1. The number of carbonyl (C=O) groups excluding carboxylic acids is 1. The Kier molecular flexibility index (Phi) is 3.55. The summed E-state index contributed by atoms with van der Waals surface area (Å²) >= 11 is 0. The summed E-state index contributed by atoms with van der Waals surface area (Å²) in [4.78, 5) is 23.8. The van der Waals surface area contributed by atoms with Gasteiger partial charge in [0.25, 0.3) is 5.91 Å². The van der Waals surface area contributed by atoms with E-state index in [0.29, 0.717) is 11.6 Å². The Hall–Kier alpha value is -2.69. The van der Waals surface area contributed by atoms with Crippen LogP contribution in [0.25, 0.3) is 10.8 Å². The van der Waals surface area contributed by atoms with Crippen LogP contribution in [-0.4, -0.2) is 38.4 Å². The van der Waals surface area contributed by atoms with Crippen LogP contribution in [0.5, 0.6) is 0 Å². The number of hydrogen-bond donors (Lipinski definition) is 0. The Balaban J connectivity index is 1.34. The number of imidazole rings is 1. The summed E-state index contributed by atoms with van der Waals surface area (Å²) in [6, 6.07) is 9.88. The standard InChI is InChI=1S/C21H22N4O/c1-14-10-23-20(25(14)11-15-6-7-15)17-12-24(13-17)21(26)19-18-5-3-2-4-16(18)8-9-22-19/h2-5,8-10,15,17H,6-7,11-13H2,1H3. The number of hydrogen-bond acceptors (Lipinski definition) is 3. The maximum atomic E-state index is 12.9. The number of carbonyl (C=O) groups is 1. The van der Waals surface area contributed by atoms with E-state index >= 15 is 0 Å². The molecule has 0 bridgehead atoms. The third-order valence-corrected chi connectivity index (χ3v) is 5.63. The lowest BCUT2D eigenvalue weighted by Crippen LogP contribution is -2.49. The van der Waals surface area contributed by atoms with Gasteiger partial charge < -0.3 is 9.47 Å². The zero-order valence-corrected chi connectivity index (χ0v) is 14.9. The third kappa shape index (κ3) is 2.59. The van der Waals surface area contributed by atoms with Gasteiger partial charge in [-0.25, -0.2) is 4.98 Å². The predicted octanol–water partition coefficient (Wildman–Crippen LogP) is 3.39. The van der Waals surface area contributed by atoms with Gasteiger partial charge in [-0.1, -0.05) is 24.3 Å². The number of rotatable bonds is 4. The minimum absolute atomic E-state index is 0.0232. The minimum Gasteiger partial charge on any atom is -0.336 e. The van der Waals surface area contributed by atoms with E-state index in [-0.39, 0.29) is 5.91 Å². The van der Waals surface area contributed by atoms with Crippen LogP contribution in [-0.2, 0) is 6.54 Å². The van der Waals surface area contributed by atoms with E-state index in [0.717, 1.165) is 42.1 Å². The van der Waals surface area contributed by atoms with Gasteiger partial charge in [-0.05, 0) is 37.1 Å². The lowest BCUT2D eigenvalue weighted by molar-refractivity contribution is 0.0587. The van der Waals surface area contributed by atoms with Gasteiger partial charge in [0, 0.05) is 43.1 Å². The molecule has 5 nitrogen and oxygen atoms in total. The highest BCUT2D eigenvalue weighted by molar-refractivity contribution is 6.05. The molecule has 3 aromatic rings. The first kappa shape index (κ1) is 15.6. The summed E-state index contributed by atoms with van der Waals surface area (Å²) in [6.07, 6.45) is 6.35. The van der Waals surface area contributed by atoms with Crippen LogP contribution in [0, 0.1) is 12.8 Å². The average Bonchev–Trinajstić information content (AvgIpc) is 3.38. The quantitative estimate of drug-likeness (QED) is 0.728. The number of amides is 1. The molecule has 5 heteroatoms. The summed E-state index contributed by atoms with van der Waals surface area (Å²) in [5, 5.41) is 1.98. The predicted molar refractivity (Wildman–Crippen MR) is 100 cm³/mol. The lowest BCUT2D eigenvalue weighted by Gasteiger charge is -2.39. The fourth-order valence-corrected chi connectivity index (χ4v) is 3.85. The highest BCUT2D eigenvalue weighted by atomic mass is 16.2. The molecule has 2 fully saturated rings. The van der Waals surface area contributed by atoms with E-state index in [2.05, 4.69) is 21.5 Å². The maximum absolute atomic E-state index is 12.9. The van der Waals surface area contributed by atoms with Crippen molar-refractivity contribution in [1.82, 2.24) is 19.4 Å². The molecule has 2 aromatic heterocycles. The lowest BCUT2D eigenvalue weighted by atomic mass is 9.97. The first-order valence-corrected chi connectivity index (χ1v) is 9.36. The van der Waals surface area contributed by atoms with E-state index in [1.54, 1.807) is 6.20 Å². The second-order valence-electron chi connectivity index (χ2n) is 7.60. The molecule has 0 N–H and O–H groups in total. The second kappa shape index (κ2) is 5.94. The molecule has 1 saturated heterocycles. The molecule has 3 heterocycles. The number of fused-ring (bicyclic) bond motifs is 1. The average molecular weight is 346 g/mol. The van der Waals surface area contributed by atoms with Crippen LogP contribution in [0.2, 0.25) is 0 Å². The first-order valence-electron chi connectivity index (χ1n) is 9.36. The van der Waals surface area contributed by atoms with E-state index in [1.165, 1.54) is 18.5 Å². The van der Waals surface area contributed by atoms with Gasteiger partial charge in [-0.3, -0.25) is 9.78 Å². The molecule has 1 saturated carbocycles. The van der Waals surface area contributed by atoms with Crippen molar-refractivity contribution >= 4 is 16.7 Å². The van der Waals surface area contributed by atoms with E-state index in [1.807, 2.05) is 41.4 Å². The van der Waals surface area contributed by atoms with Crippen LogP contribution in [0.1, 0.15) is 40.8 Å². The zero-order chi connectivity index (χ0) is 17.7. The van der Waals surface area contributed by atoms with E-state index in [9.17, 15) is 4.79 Å². The fraction of sp³-hybridized carbons (Fsp3) is 0.381. The molecule has 1 amide bonds. The van der Waals surface area contributed by atoms with Crippen molar-refractivity contribution < 1.29 is 4.79 Å². The van der Waals surface area contributed by atoms with Crippen molar-refractivity contribution in [2.75, 3.05) is 13.1 Å². The van der Waals surface area contributed by atoms with Gasteiger partial charge in [0.1, 0.15) is 11.5 Å². The van der Waals surface area contributed by atoms with Crippen molar-refractivity contribution in [2.45, 2.75) is 32.2 Å². The van der Waals surface area contributed by atoms with Crippen LogP contribution in [0.4, 0.5) is 0 Å². The Bertz CT molecular complexity index is 977. The Morgan fingerprint density at radius 2 is 1.96 bits per heavy atom. The van der Waals surface area contributed by atoms with Gasteiger partial charge in [0.2, 0.25) is 0 Å². The van der Waals surface area contributed by atoms with Crippen LogP contribution in [0.15, 0.2) is 42.7 Å². The molecule has 0 unspecified atom stereocenters. The molecule has 5 rings (SSSR count). The third-order valence-electron chi connectivity index (χ3n) is 5.63. The first-order chi connectivity index (χ1) is 12.7. The monoisotopic (exact) mass is 346 g/mol. The van der Waals surface area contributed by atoms with Crippen LogP contribution in [0.3, 0.4) is 0 Å². The van der Waals surface area contributed by atoms with Gasteiger partial charge in [0.15, 0.2) is 0 Å². The summed E-state index contributed by atoms with van der Waals surface area (Å²) in [5.41, 5.74) is 1.78. The molecular weight excluding hydrogens is 324 g/mol. The summed E-state index contributed by atoms with van der Waals surface area (Å²) in [7, 11) is 0. The fourth-order valence-electron chi connectivity index (χ4n) is 3.85. The molecule has 132 valence electrons. The van der Waals surface area contributed by atoms with E-state index in [4.69, 9.17) is 0 Å². The second-order valence-corrected chi connectivity index (χ2v) is 7.60.